The minimum absolute atomic E-state index is 0.0727. The lowest BCUT2D eigenvalue weighted by Crippen LogP contribution is -2.54. The summed E-state index contributed by atoms with van der Waals surface area (Å²) >= 11 is 0. The highest BCUT2D eigenvalue weighted by atomic mass is 16.5. The fourth-order valence-corrected chi connectivity index (χ4v) is 3.71. The van der Waals surface area contributed by atoms with Crippen LogP contribution in [-0.4, -0.2) is 23.4 Å². The van der Waals surface area contributed by atoms with Crippen LogP contribution in [0.25, 0.3) is 5.69 Å². The van der Waals surface area contributed by atoms with Crippen LogP contribution in [0.1, 0.15) is 0 Å². The fourth-order valence-electron chi connectivity index (χ4n) is 3.71. The van der Waals surface area contributed by atoms with E-state index in [1.807, 2.05) is 41.4 Å². The summed E-state index contributed by atoms with van der Waals surface area (Å²) in [7, 11) is 1.69. The number of imidazole rings is 1. The van der Waals surface area contributed by atoms with Crippen LogP contribution in [0.5, 0.6) is 17.2 Å². The first-order chi connectivity index (χ1) is 13.3. The predicted octanol–water partition coefficient (Wildman–Crippen LogP) is 2.50. The smallest absolute Gasteiger partial charge is 0.251 e. The highest BCUT2D eigenvalue weighted by Crippen LogP contribution is 2.26. The van der Waals surface area contributed by atoms with Crippen LogP contribution >= 0.6 is 0 Å². The highest BCUT2D eigenvalue weighted by Gasteiger charge is 2.32. The van der Waals surface area contributed by atoms with Gasteiger partial charge in [0.2, 0.25) is 0 Å². The maximum Gasteiger partial charge on any atom is 0.251 e. The summed E-state index contributed by atoms with van der Waals surface area (Å²) in [5, 5.41) is 0. The molecule has 0 fully saturated rings. The lowest BCUT2D eigenvalue weighted by atomic mass is 9.36. The topological polar surface area (TPSA) is 36.3 Å². The molecule has 0 spiro atoms. The van der Waals surface area contributed by atoms with Gasteiger partial charge in [-0.1, -0.05) is 35.8 Å². The highest BCUT2D eigenvalue weighted by molar-refractivity contribution is 6.97. The summed E-state index contributed by atoms with van der Waals surface area (Å²) in [6.07, 6.45) is 5.55. The van der Waals surface area contributed by atoms with E-state index in [1.54, 1.807) is 13.3 Å². The maximum atomic E-state index is 6.16. The molecule has 1 aliphatic rings. The SMILES string of the molecule is COc1ccc2c(c1)B(c1cccc(-n3ccnc3)c1)c1ccccc1O2. The molecule has 4 aromatic rings. The molecule has 0 N–H and O–H groups in total. The lowest BCUT2D eigenvalue weighted by molar-refractivity contribution is 0.413. The lowest BCUT2D eigenvalue weighted by Gasteiger charge is -2.27. The summed E-state index contributed by atoms with van der Waals surface area (Å²) < 4.78 is 13.6. The van der Waals surface area contributed by atoms with E-state index < -0.39 is 0 Å². The molecule has 3 aromatic carbocycles. The number of aromatic nitrogens is 2. The van der Waals surface area contributed by atoms with E-state index in [0.717, 1.165) is 33.9 Å². The Hall–Kier alpha value is -3.47. The molecule has 0 radical (unpaired) electrons. The minimum Gasteiger partial charge on any atom is -0.497 e. The van der Waals surface area contributed by atoms with Gasteiger partial charge in [0, 0.05) is 18.1 Å². The van der Waals surface area contributed by atoms with Gasteiger partial charge in [-0.15, -0.1) is 0 Å². The van der Waals surface area contributed by atoms with Gasteiger partial charge in [0.15, 0.2) is 0 Å². The molecule has 2 heterocycles. The van der Waals surface area contributed by atoms with Gasteiger partial charge in [-0.3, -0.25) is 0 Å². The first-order valence-electron chi connectivity index (χ1n) is 8.86. The zero-order chi connectivity index (χ0) is 18.2. The first-order valence-corrected chi connectivity index (χ1v) is 8.86. The number of fused-ring (bicyclic) bond motifs is 2. The molecule has 0 amide bonds. The largest absolute Gasteiger partial charge is 0.497 e. The van der Waals surface area contributed by atoms with E-state index >= 15 is 0 Å². The molecule has 0 saturated heterocycles. The Kier molecular flexibility index (Phi) is 3.71. The van der Waals surface area contributed by atoms with Crippen molar-refractivity contribution in [2.45, 2.75) is 0 Å². The van der Waals surface area contributed by atoms with Crippen molar-refractivity contribution in [3.05, 3.63) is 85.5 Å². The van der Waals surface area contributed by atoms with Crippen molar-refractivity contribution >= 4 is 23.1 Å². The van der Waals surface area contributed by atoms with Crippen LogP contribution < -0.4 is 25.9 Å². The van der Waals surface area contributed by atoms with Gasteiger partial charge in [0.05, 0.1) is 13.4 Å². The Bertz CT molecular complexity index is 1110. The van der Waals surface area contributed by atoms with Crippen molar-refractivity contribution in [1.29, 1.82) is 0 Å². The predicted molar refractivity (Wildman–Crippen MR) is 108 cm³/mol. The molecule has 1 aliphatic heterocycles. The van der Waals surface area contributed by atoms with Gasteiger partial charge in [-0.05, 0) is 47.3 Å². The number of methoxy groups -OCH3 is 1. The Balaban J connectivity index is 1.71. The average Bonchev–Trinajstić information content (AvgIpc) is 3.26. The van der Waals surface area contributed by atoms with Gasteiger partial charge in [0.25, 0.3) is 6.71 Å². The van der Waals surface area contributed by atoms with Crippen LogP contribution in [0.2, 0.25) is 0 Å². The Morgan fingerprint density at radius 3 is 2.67 bits per heavy atom. The molecule has 0 atom stereocenters. The van der Waals surface area contributed by atoms with Gasteiger partial charge in [0.1, 0.15) is 17.2 Å². The van der Waals surface area contributed by atoms with Crippen molar-refractivity contribution < 1.29 is 9.47 Å². The zero-order valence-electron chi connectivity index (χ0n) is 14.9. The fraction of sp³-hybridized carbons (Fsp3) is 0.0455. The van der Waals surface area contributed by atoms with Gasteiger partial charge >= 0.3 is 0 Å². The number of benzene rings is 3. The first kappa shape index (κ1) is 15.8. The average molecular weight is 352 g/mol. The summed E-state index contributed by atoms with van der Waals surface area (Å²) in [5.41, 5.74) is 4.54. The van der Waals surface area contributed by atoms with Crippen LogP contribution in [0.3, 0.4) is 0 Å². The minimum atomic E-state index is 0.0727. The van der Waals surface area contributed by atoms with E-state index in [4.69, 9.17) is 9.47 Å². The molecule has 0 saturated carbocycles. The third-order valence-corrected chi connectivity index (χ3v) is 4.98. The van der Waals surface area contributed by atoms with E-state index in [1.165, 1.54) is 5.46 Å². The number of ether oxygens (including phenoxy) is 2. The number of nitrogens with zero attached hydrogens (tertiary/aromatic N) is 2. The molecule has 1 aromatic heterocycles. The maximum absolute atomic E-state index is 6.16. The molecule has 27 heavy (non-hydrogen) atoms. The van der Waals surface area contributed by atoms with Crippen LogP contribution in [0.4, 0.5) is 0 Å². The summed E-state index contributed by atoms with van der Waals surface area (Å²) in [6, 6.07) is 22.7. The number of rotatable bonds is 3. The van der Waals surface area contributed by atoms with Gasteiger partial charge in [-0.2, -0.15) is 0 Å². The number of hydrogen-bond donors (Lipinski definition) is 0. The standard InChI is InChI=1S/C22H17BN2O2/c1-26-18-9-10-22-20(14-18)23(19-7-2-3-8-21(19)27-22)16-5-4-6-17(13-16)25-12-11-24-15-25/h2-15H,1H3. The Morgan fingerprint density at radius 2 is 1.81 bits per heavy atom. The van der Waals surface area contributed by atoms with Crippen molar-refractivity contribution in [3.63, 3.8) is 0 Å². The van der Waals surface area contributed by atoms with Gasteiger partial charge in [-0.25, -0.2) is 4.98 Å². The second-order valence-electron chi connectivity index (χ2n) is 6.54. The third kappa shape index (κ3) is 2.68. The van der Waals surface area contributed by atoms with E-state index in [9.17, 15) is 0 Å². The van der Waals surface area contributed by atoms with E-state index in [2.05, 4.69) is 47.4 Å². The second kappa shape index (κ2) is 6.36. The van der Waals surface area contributed by atoms with Crippen LogP contribution in [-0.2, 0) is 0 Å². The van der Waals surface area contributed by atoms with Crippen molar-refractivity contribution in [2.24, 2.45) is 0 Å². The molecule has 5 rings (SSSR count). The summed E-state index contributed by atoms with van der Waals surface area (Å²) in [5.74, 6) is 2.59. The van der Waals surface area contributed by atoms with Crippen molar-refractivity contribution in [3.8, 4) is 22.9 Å². The van der Waals surface area contributed by atoms with Crippen LogP contribution in [0, 0.1) is 0 Å². The quantitative estimate of drug-likeness (QED) is 0.468. The molecule has 0 aliphatic carbocycles. The summed E-state index contributed by atoms with van der Waals surface area (Å²) in [4.78, 5) is 4.16. The Morgan fingerprint density at radius 1 is 0.926 bits per heavy atom. The molecular formula is C22H17BN2O2. The summed E-state index contributed by atoms with van der Waals surface area (Å²) in [6.45, 7) is 0.0727. The number of para-hydroxylation sites is 1. The Labute approximate surface area is 158 Å². The van der Waals surface area contributed by atoms with Crippen molar-refractivity contribution in [2.75, 3.05) is 7.11 Å². The molecule has 5 heteroatoms. The van der Waals surface area contributed by atoms with Crippen molar-refractivity contribution in [1.82, 2.24) is 9.55 Å². The zero-order valence-corrected chi connectivity index (χ0v) is 14.9. The molecule has 130 valence electrons. The molecular weight excluding hydrogens is 335 g/mol. The number of hydrogen-bond acceptors (Lipinski definition) is 3. The van der Waals surface area contributed by atoms with Crippen LogP contribution in [0.15, 0.2) is 85.5 Å². The monoisotopic (exact) mass is 352 g/mol. The second-order valence-corrected chi connectivity index (χ2v) is 6.54. The third-order valence-electron chi connectivity index (χ3n) is 4.98. The molecule has 4 nitrogen and oxygen atoms in total. The van der Waals surface area contributed by atoms with E-state index in [-0.39, 0.29) is 6.71 Å². The molecule has 0 bridgehead atoms. The van der Waals surface area contributed by atoms with E-state index in [0.29, 0.717) is 0 Å². The van der Waals surface area contributed by atoms with Gasteiger partial charge < -0.3 is 14.0 Å². The normalized spacial score (nSPS) is 12.1. The molecule has 0 unspecified atom stereocenters.